The molecule has 0 saturated carbocycles. The van der Waals surface area contributed by atoms with Gasteiger partial charge < -0.3 is 9.84 Å². The van der Waals surface area contributed by atoms with E-state index in [0.29, 0.717) is 18.7 Å². The number of hydrogen-bond acceptors (Lipinski definition) is 5. The summed E-state index contributed by atoms with van der Waals surface area (Å²) >= 11 is 1.28. The highest BCUT2D eigenvalue weighted by Crippen LogP contribution is 2.38. The summed E-state index contributed by atoms with van der Waals surface area (Å²) in [5.74, 6) is -0.764. The molecule has 2 rings (SSSR count). The average Bonchev–Trinajstić information content (AvgIpc) is 2.81. The summed E-state index contributed by atoms with van der Waals surface area (Å²) in [5.41, 5.74) is 0. The Labute approximate surface area is 115 Å². The van der Waals surface area contributed by atoms with Crippen LogP contribution in [0.1, 0.15) is 19.8 Å². The summed E-state index contributed by atoms with van der Waals surface area (Å²) in [7, 11) is 0. The number of carboxylic acids is 1. The maximum absolute atomic E-state index is 11.4. The molecule has 19 heavy (non-hydrogen) atoms. The third-order valence-electron chi connectivity index (χ3n) is 2.84. The number of aliphatic carboxylic acids is 1. The number of rotatable bonds is 4. The van der Waals surface area contributed by atoms with Crippen molar-refractivity contribution in [2.24, 2.45) is 0 Å². The molecular formula is C13H15NO4S. The van der Waals surface area contributed by atoms with Gasteiger partial charge in [0.1, 0.15) is 5.75 Å². The minimum atomic E-state index is -0.942. The Hall–Kier alpha value is -1.53. The largest absolute Gasteiger partial charge is 0.479 e. The van der Waals surface area contributed by atoms with Gasteiger partial charge in [-0.3, -0.25) is 10.1 Å². The van der Waals surface area contributed by atoms with E-state index in [1.165, 1.54) is 18.7 Å². The van der Waals surface area contributed by atoms with Crippen LogP contribution in [-0.4, -0.2) is 28.5 Å². The minimum absolute atomic E-state index is 0.375. The van der Waals surface area contributed by atoms with E-state index < -0.39 is 10.8 Å². The Morgan fingerprint density at radius 2 is 2.05 bits per heavy atom. The molecule has 1 aliphatic rings. The van der Waals surface area contributed by atoms with Gasteiger partial charge in [-0.15, -0.1) is 0 Å². The van der Waals surface area contributed by atoms with Crippen molar-refractivity contribution in [1.82, 2.24) is 5.32 Å². The molecule has 0 aliphatic carbocycles. The fourth-order valence-corrected chi connectivity index (χ4v) is 3.15. The first-order valence-electron chi connectivity index (χ1n) is 5.98. The first-order chi connectivity index (χ1) is 9.02. The van der Waals surface area contributed by atoms with Crippen molar-refractivity contribution in [2.45, 2.75) is 29.5 Å². The van der Waals surface area contributed by atoms with Gasteiger partial charge in [-0.1, -0.05) is 11.8 Å². The van der Waals surface area contributed by atoms with E-state index in [9.17, 15) is 14.7 Å². The first-order valence-corrected chi connectivity index (χ1v) is 6.79. The normalized spacial score (nSPS) is 22.2. The second kappa shape index (κ2) is 5.63. The molecule has 1 atom stereocenters. The van der Waals surface area contributed by atoms with E-state index in [1.54, 1.807) is 24.3 Å². The van der Waals surface area contributed by atoms with Crippen molar-refractivity contribution >= 4 is 23.7 Å². The highest BCUT2D eigenvalue weighted by atomic mass is 32.2. The summed E-state index contributed by atoms with van der Waals surface area (Å²) in [6, 6.07) is 6.84. The van der Waals surface area contributed by atoms with Crippen LogP contribution in [0.5, 0.6) is 5.75 Å². The summed E-state index contributed by atoms with van der Waals surface area (Å²) < 4.78 is 4.93. The molecule has 1 aromatic rings. The van der Waals surface area contributed by atoms with E-state index >= 15 is 0 Å². The number of esters is 1. The summed E-state index contributed by atoms with van der Waals surface area (Å²) in [5, 5.41) is 12.4. The smallest absolute Gasteiger partial charge is 0.334 e. The molecule has 0 unspecified atom stereocenters. The zero-order chi connectivity index (χ0) is 13.9. The molecule has 1 saturated heterocycles. The van der Waals surface area contributed by atoms with Gasteiger partial charge in [0.25, 0.3) is 0 Å². The van der Waals surface area contributed by atoms with Gasteiger partial charge in [-0.05, 0) is 43.7 Å². The van der Waals surface area contributed by atoms with Gasteiger partial charge in [-0.2, -0.15) is 0 Å². The summed E-state index contributed by atoms with van der Waals surface area (Å²) in [6.45, 7) is 2.05. The lowest BCUT2D eigenvalue weighted by Crippen LogP contribution is -2.44. The van der Waals surface area contributed by atoms with Crippen LogP contribution in [-0.2, 0) is 9.59 Å². The molecule has 0 aromatic heterocycles. The number of benzene rings is 1. The van der Waals surface area contributed by atoms with Crippen LogP contribution < -0.4 is 10.1 Å². The van der Waals surface area contributed by atoms with E-state index in [2.05, 4.69) is 5.32 Å². The molecule has 0 amide bonds. The predicted octanol–water partition coefficient (Wildman–Crippen LogP) is 1.87. The summed E-state index contributed by atoms with van der Waals surface area (Å²) in [6.07, 6.45) is 1.45. The molecule has 6 heteroatoms. The molecule has 5 nitrogen and oxygen atoms in total. The lowest BCUT2D eigenvalue weighted by Gasteiger charge is -2.23. The molecule has 1 aromatic carbocycles. The molecule has 1 aliphatic heterocycles. The second-order valence-electron chi connectivity index (χ2n) is 4.33. The monoisotopic (exact) mass is 281 g/mol. The van der Waals surface area contributed by atoms with Crippen LogP contribution in [0.4, 0.5) is 0 Å². The molecular weight excluding hydrogens is 266 g/mol. The number of carbonyl (C=O) groups excluding carboxylic acids is 1. The number of carbonyl (C=O) groups is 2. The third kappa shape index (κ3) is 3.27. The molecule has 1 fully saturated rings. The molecule has 102 valence electrons. The van der Waals surface area contributed by atoms with Crippen LogP contribution in [0.2, 0.25) is 0 Å². The zero-order valence-electron chi connectivity index (χ0n) is 10.5. The quantitative estimate of drug-likeness (QED) is 0.648. The SMILES string of the molecule is CC(=O)Oc1ccc(S[C@@]2(C(=O)O)CCCN2)cc1. The average molecular weight is 281 g/mol. The third-order valence-corrected chi connectivity index (χ3v) is 4.22. The van der Waals surface area contributed by atoms with Crippen molar-refractivity contribution in [3.63, 3.8) is 0 Å². The Morgan fingerprint density at radius 1 is 1.37 bits per heavy atom. The number of hydrogen-bond donors (Lipinski definition) is 2. The number of nitrogens with one attached hydrogen (secondary N) is 1. The zero-order valence-corrected chi connectivity index (χ0v) is 11.3. The Morgan fingerprint density at radius 3 is 2.53 bits per heavy atom. The number of thioether (sulfide) groups is 1. The predicted molar refractivity (Wildman–Crippen MR) is 71.2 cm³/mol. The lowest BCUT2D eigenvalue weighted by atomic mass is 10.2. The van der Waals surface area contributed by atoms with Crippen LogP contribution in [0.3, 0.4) is 0 Å². The van der Waals surface area contributed by atoms with Crippen LogP contribution in [0.25, 0.3) is 0 Å². The molecule has 0 radical (unpaired) electrons. The maximum Gasteiger partial charge on any atom is 0.334 e. The van der Waals surface area contributed by atoms with Crippen molar-refractivity contribution in [1.29, 1.82) is 0 Å². The van der Waals surface area contributed by atoms with Gasteiger partial charge in [0, 0.05) is 11.8 Å². The fraction of sp³-hybridized carbons (Fsp3) is 0.385. The van der Waals surface area contributed by atoms with Crippen molar-refractivity contribution in [3.8, 4) is 5.75 Å². The van der Waals surface area contributed by atoms with Gasteiger partial charge in [-0.25, -0.2) is 4.79 Å². The van der Waals surface area contributed by atoms with Crippen LogP contribution >= 0.6 is 11.8 Å². The van der Waals surface area contributed by atoms with Crippen molar-refractivity contribution in [2.75, 3.05) is 6.54 Å². The Kier molecular flexibility index (Phi) is 4.11. The van der Waals surface area contributed by atoms with Crippen LogP contribution in [0.15, 0.2) is 29.2 Å². The Balaban J connectivity index is 2.10. The number of ether oxygens (including phenoxy) is 1. The molecule has 0 bridgehead atoms. The van der Waals surface area contributed by atoms with E-state index in [4.69, 9.17) is 4.74 Å². The van der Waals surface area contributed by atoms with Gasteiger partial charge in [0.15, 0.2) is 4.87 Å². The van der Waals surface area contributed by atoms with Crippen molar-refractivity contribution in [3.05, 3.63) is 24.3 Å². The lowest BCUT2D eigenvalue weighted by molar-refractivity contribution is -0.140. The van der Waals surface area contributed by atoms with Gasteiger partial charge >= 0.3 is 11.9 Å². The van der Waals surface area contributed by atoms with Gasteiger partial charge in [0.05, 0.1) is 0 Å². The standard InChI is InChI=1S/C13H15NO4S/c1-9(15)18-10-3-5-11(6-4-10)19-13(12(16)17)7-2-8-14-13/h3-6,14H,2,7-8H2,1H3,(H,16,17)/t13-/m1/s1. The van der Waals surface area contributed by atoms with E-state index in [0.717, 1.165) is 11.3 Å². The molecule has 1 heterocycles. The minimum Gasteiger partial charge on any atom is -0.479 e. The van der Waals surface area contributed by atoms with Crippen LogP contribution in [0, 0.1) is 0 Å². The topological polar surface area (TPSA) is 75.6 Å². The fourth-order valence-electron chi connectivity index (χ4n) is 1.97. The van der Waals surface area contributed by atoms with Crippen molar-refractivity contribution < 1.29 is 19.4 Å². The van der Waals surface area contributed by atoms with Gasteiger partial charge in [0.2, 0.25) is 0 Å². The summed E-state index contributed by atoms with van der Waals surface area (Å²) in [4.78, 5) is 22.1. The highest BCUT2D eigenvalue weighted by molar-refractivity contribution is 8.01. The van der Waals surface area contributed by atoms with E-state index in [-0.39, 0.29) is 5.97 Å². The second-order valence-corrected chi connectivity index (χ2v) is 5.70. The Bertz CT molecular complexity index is 480. The first kappa shape index (κ1) is 13.9. The van der Waals surface area contributed by atoms with E-state index in [1.807, 2.05) is 0 Å². The highest BCUT2D eigenvalue weighted by Gasteiger charge is 2.42. The molecule has 0 spiro atoms. The molecule has 2 N–H and O–H groups in total. The maximum atomic E-state index is 11.4. The number of carboxylic acid groups (broad SMARTS) is 1.